The van der Waals surface area contributed by atoms with E-state index < -0.39 is 0 Å². The van der Waals surface area contributed by atoms with Crippen molar-refractivity contribution in [1.82, 2.24) is 30.0 Å². The molecular formula is C17H28N6OS. The molecule has 0 aromatic carbocycles. The largest absolute Gasteiger partial charge is 0.328 e. The molecule has 1 atom stereocenters. The van der Waals surface area contributed by atoms with Crippen LogP contribution in [-0.4, -0.2) is 37.7 Å². The Hall–Kier alpha value is -1.96. The Morgan fingerprint density at radius 2 is 2.08 bits per heavy atom. The molecule has 8 heteroatoms. The zero-order valence-electron chi connectivity index (χ0n) is 15.9. The van der Waals surface area contributed by atoms with E-state index in [-0.39, 0.29) is 12.1 Å². The van der Waals surface area contributed by atoms with Gasteiger partial charge >= 0.3 is 6.03 Å². The summed E-state index contributed by atoms with van der Waals surface area (Å²) in [5, 5.41) is 10.3. The van der Waals surface area contributed by atoms with Crippen LogP contribution in [0.3, 0.4) is 0 Å². The Bertz CT molecular complexity index is 693. The number of aromatic nitrogens is 4. The number of nitrogens with zero attached hydrogens (tertiary/aromatic N) is 5. The highest BCUT2D eigenvalue weighted by molar-refractivity contribution is 7.09. The lowest BCUT2D eigenvalue weighted by molar-refractivity contribution is 0.199. The number of hydrogen-bond donors (Lipinski definition) is 1. The van der Waals surface area contributed by atoms with Crippen molar-refractivity contribution < 1.29 is 4.79 Å². The number of urea groups is 1. The molecule has 2 heterocycles. The van der Waals surface area contributed by atoms with Gasteiger partial charge in [-0.1, -0.05) is 27.7 Å². The summed E-state index contributed by atoms with van der Waals surface area (Å²) in [4.78, 5) is 23.2. The molecule has 0 fully saturated rings. The summed E-state index contributed by atoms with van der Waals surface area (Å²) in [6.07, 6.45) is 2.32. The van der Waals surface area contributed by atoms with Crippen LogP contribution in [0, 0.1) is 5.92 Å². The van der Waals surface area contributed by atoms with Gasteiger partial charge in [-0.2, -0.15) is 5.10 Å². The van der Waals surface area contributed by atoms with E-state index in [4.69, 9.17) is 0 Å². The smallest absolute Gasteiger partial charge is 0.318 e. The minimum atomic E-state index is -0.163. The van der Waals surface area contributed by atoms with Crippen molar-refractivity contribution in [2.75, 3.05) is 7.05 Å². The number of carbonyl (C=O) groups excluding carboxylic acids is 1. The molecule has 2 rings (SSSR count). The molecule has 7 nitrogen and oxygen atoms in total. The zero-order valence-corrected chi connectivity index (χ0v) is 16.7. The van der Waals surface area contributed by atoms with Gasteiger partial charge in [-0.3, -0.25) is 4.68 Å². The van der Waals surface area contributed by atoms with E-state index in [2.05, 4.69) is 48.1 Å². The standard InChI is InChI=1S/C17H28N6OS/c1-11(2)7-14(15-18-10-19-23(15)6)21-17(24)22(5)8-13-9-25-16(20-13)12(3)4/h9-12,14H,7-8H2,1-6H3,(H,21,24). The Balaban J connectivity index is 2.02. The molecular weight excluding hydrogens is 336 g/mol. The predicted molar refractivity (Wildman–Crippen MR) is 99.4 cm³/mol. The number of rotatable bonds is 7. The quantitative estimate of drug-likeness (QED) is 0.818. The summed E-state index contributed by atoms with van der Waals surface area (Å²) in [5.41, 5.74) is 0.922. The first kappa shape index (κ1) is 19.4. The van der Waals surface area contributed by atoms with Gasteiger partial charge in [0.15, 0.2) is 0 Å². The summed E-state index contributed by atoms with van der Waals surface area (Å²) < 4.78 is 1.71. The molecule has 0 saturated heterocycles. The maximum Gasteiger partial charge on any atom is 0.318 e. The van der Waals surface area contributed by atoms with Crippen LogP contribution in [0.2, 0.25) is 0 Å². The Morgan fingerprint density at radius 1 is 1.36 bits per heavy atom. The van der Waals surface area contributed by atoms with Gasteiger partial charge in [-0.15, -0.1) is 11.3 Å². The second kappa shape index (κ2) is 8.42. The van der Waals surface area contributed by atoms with Gasteiger partial charge in [-0.25, -0.2) is 14.8 Å². The van der Waals surface area contributed by atoms with Crippen molar-refractivity contribution in [2.45, 2.75) is 52.6 Å². The first-order chi connectivity index (χ1) is 11.8. The van der Waals surface area contributed by atoms with E-state index in [0.717, 1.165) is 22.9 Å². The highest BCUT2D eigenvalue weighted by Crippen LogP contribution is 2.21. The van der Waals surface area contributed by atoms with E-state index in [1.807, 2.05) is 12.4 Å². The summed E-state index contributed by atoms with van der Waals surface area (Å²) >= 11 is 1.64. The van der Waals surface area contributed by atoms with Crippen LogP contribution in [-0.2, 0) is 13.6 Å². The summed E-state index contributed by atoms with van der Waals surface area (Å²) in [6, 6.07) is -0.295. The summed E-state index contributed by atoms with van der Waals surface area (Å²) in [5.74, 6) is 1.61. The van der Waals surface area contributed by atoms with Crippen molar-refractivity contribution in [2.24, 2.45) is 13.0 Å². The SMILES string of the molecule is CC(C)CC(NC(=O)N(C)Cc1csc(C(C)C)n1)c1ncnn1C. The Kier molecular flexibility index (Phi) is 6.52. The molecule has 0 aliphatic heterocycles. The molecule has 138 valence electrons. The number of nitrogens with one attached hydrogen (secondary N) is 1. The van der Waals surface area contributed by atoms with E-state index in [1.165, 1.54) is 6.33 Å². The number of aryl methyl sites for hydroxylation is 1. The maximum atomic E-state index is 12.6. The third-order valence-electron chi connectivity index (χ3n) is 3.87. The number of hydrogen-bond acceptors (Lipinski definition) is 5. The molecule has 1 unspecified atom stereocenters. The van der Waals surface area contributed by atoms with E-state index in [1.54, 1.807) is 28.0 Å². The van der Waals surface area contributed by atoms with Gasteiger partial charge in [0.1, 0.15) is 12.2 Å². The van der Waals surface area contributed by atoms with Crippen molar-refractivity contribution in [3.63, 3.8) is 0 Å². The summed E-state index contributed by atoms with van der Waals surface area (Å²) in [6.45, 7) is 8.99. The van der Waals surface area contributed by atoms with Crippen LogP contribution in [0.25, 0.3) is 0 Å². The molecule has 25 heavy (non-hydrogen) atoms. The lowest BCUT2D eigenvalue weighted by Crippen LogP contribution is -2.40. The van der Waals surface area contributed by atoms with Crippen LogP contribution in [0.15, 0.2) is 11.7 Å². The molecule has 0 aliphatic rings. The molecule has 2 aromatic heterocycles. The highest BCUT2D eigenvalue weighted by atomic mass is 32.1. The first-order valence-corrected chi connectivity index (χ1v) is 9.45. The third-order valence-corrected chi connectivity index (χ3v) is 5.07. The number of amides is 2. The minimum Gasteiger partial charge on any atom is -0.328 e. The third kappa shape index (κ3) is 5.26. The molecule has 1 N–H and O–H groups in total. The minimum absolute atomic E-state index is 0.132. The average Bonchev–Trinajstić information content (AvgIpc) is 3.15. The summed E-state index contributed by atoms with van der Waals surface area (Å²) in [7, 11) is 3.63. The monoisotopic (exact) mass is 364 g/mol. The lowest BCUT2D eigenvalue weighted by Gasteiger charge is -2.24. The second-order valence-corrected chi connectivity index (χ2v) is 7.95. The van der Waals surface area contributed by atoms with Crippen LogP contribution >= 0.6 is 11.3 Å². The zero-order chi connectivity index (χ0) is 18.6. The predicted octanol–water partition coefficient (Wildman–Crippen LogP) is 3.32. The Labute approximate surface area is 153 Å². The first-order valence-electron chi connectivity index (χ1n) is 8.57. The van der Waals surface area contributed by atoms with Crippen molar-refractivity contribution in [1.29, 1.82) is 0 Å². The van der Waals surface area contributed by atoms with Gasteiger partial charge < -0.3 is 10.2 Å². The fraction of sp³-hybridized carbons (Fsp3) is 0.647. The topological polar surface area (TPSA) is 75.9 Å². The lowest BCUT2D eigenvalue weighted by atomic mass is 10.0. The van der Waals surface area contributed by atoms with E-state index in [0.29, 0.717) is 18.4 Å². The van der Waals surface area contributed by atoms with Crippen LogP contribution in [0.1, 0.15) is 62.6 Å². The molecule has 2 amide bonds. The second-order valence-electron chi connectivity index (χ2n) is 7.06. The average molecular weight is 365 g/mol. The molecule has 2 aromatic rings. The molecule has 0 spiro atoms. The highest BCUT2D eigenvalue weighted by Gasteiger charge is 2.22. The van der Waals surface area contributed by atoms with Gasteiger partial charge in [0.2, 0.25) is 0 Å². The molecule has 0 bridgehead atoms. The fourth-order valence-corrected chi connectivity index (χ4v) is 3.38. The Morgan fingerprint density at radius 3 is 2.60 bits per heavy atom. The van der Waals surface area contributed by atoms with Crippen molar-refractivity contribution >= 4 is 17.4 Å². The van der Waals surface area contributed by atoms with Crippen LogP contribution in [0.5, 0.6) is 0 Å². The maximum absolute atomic E-state index is 12.6. The number of thiazole rings is 1. The van der Waals surface area contributed by atoms with Crippen molar-refractivity contribution in [3.05, 3.63) is 28.2 Å². The van der Waals surface area contributed by atoms with Gasteiger partial charge in [0.25, 0.3) is 0 Å². The van der Waals surface area contributed by atoms with E-state index in [9.17, 15) is 4.79 Å². The van der Waals surface area contributed by atoms with Gasteiger partial charge in [0.05, 0.1) is 23.3 Å². The molecule has 0 radical (unpaired) electrons. The van der Waals surface area contributed by atoms with Gasteiger partial charge in [-0.05, 0) is 12.3 Å². The van der Waals surface area contributed by atoms with Crippen LogP contribution < -0.4 is 5.32 Å². The molecule has 0 saturated carbocycles. The van der Waals surface area contributed by atoms with E-state index >= 15 is 0 Å². The number of carbonyl (C=O) groups is 1. The normalized spacial score (nSPS) is 12.6. The fourth-order valence-electron chi connectivity index (χ4n) is 2.56. The molecule has 0 aliphatic carbocycles. The van der Waals surface area contributed by atoms with Crippen LogP contribution in [0.4, 0.5) is 4.79 Å². The van der Waals surface area contributed by atoms with Crippen molar-refractivity contribution in [3.8, 4) is 0 Å². The van der Waals surface area contributed by atoms with Gasteiger partial charge in [0, 0.05) is 25.4 Å².